The predicted molar refractivity (Wildman–Crippen MR) is 122 cm³/mol. The fourth-order valence-corrected chi connectivity index (χ4v) is 3.04. The van der Waals surface area contributed by atoms with Gasteiger partial charge in [0, 0.05) is 4.47 Å². The zero-order valence-corrected chi connectivity index (χ0v) is 18.5. The molecule has 0 aliphatic rings. The van der Waals surface area contributed by atoms with Gasteiger partial charge < -0.3 is 9.47 Å². The van der Waals surface area contributed by atoms with Crippen molar-refractivity contribution in [3.05, 3.63) is 93.5 Å². The molecule has 154 valence electrons. The van der Waals surface area contributed by atoms with Crippen LogP contribution in [0.15, 0.2) is 76.3 Å². The molecule has 0 aliphatic heterocycles. The topological polar surface area (TPSA) is 59.9 Å². The Balaban J connectivity index is 1.44. The minimum Gasteiger partial charge on any atom is -0.489 e. The summed E-state index contributed by atoms with van der Waals surface area (Å²) in [7, 11) is 0. The van der Waals surface area contributed by atoms with Crippen molar-refractivity contribution in [3.8, 4) is 11.5 Å². The lowest BCUT2D eigenvalue weighted by Gasteiger charge is -2.10. The molecule has 5 nitrogen and oxygen atoms in total. The van der Waals surface area contributed by atoms with Crippen molar-refractivity contribution in [2.24, 2.45) is 5.10 Å². The first-order chi connectivity index (χ1) is 14.5. The fraction of sp³-hybridized carbons (Fsp3) is 0.167. The molecule has 1 N–H and O–H groups in total. The number of benzene rings is 3. The summed E-state index contributed by atoms with van der Waals surface area (Å²) >= 11 is 3.42. The number of hydrogen-bond acceptors (Lipinski definition) is 4. The van der Waals surface area contributed by atoms with E-state index >= 15 is 0 Å². The first-order valence-electron chi connectivity index (χ1n) is 9.49. The molecule has 3 rings (SSSR count). The molecular weight excluding hydrogens is 444 g/mol. The number of hydrazone groups is 1. The van der Waals surface area contributed by atoms with E-state index in [1.165, 1.54) is 0 Å². The molecule has 0 fully saturated rings. The highest BCUT2D eigenvalue weighted by molar-refractivity contribution is 9.10. The molecule has 30 heavy (non-hydrogen) atoms. The molecule has 1 amide bonds. The van der Waals surface area contributed by atoms with Crippen molar-refractivity contribution in [2.75, 3.05) is 6.61 Å². The van der Waals surface area contributed by atoms with Gasteiger partial charge in [0.2, 0.25) is 0 Å². The first kappa shape index (κ1) is 21.6. The highest BCUT2D eigenvalue weighted by Gasteiger charge is 2.06. The normalized spacial score (nSPS) is 10.8. The van der Waals surface area contributed by atoms with Gasteiger partial charge in [-0.15, -0.1) is 0 Å². The van der Waals surface area contributed by atoms with E-state index in [9.17, 15) is 4.79 Å². The number of para-hydroxylation sites is 1. The second kappa shape index (κ2) is 10.6. The van der Waals surface area contributed by atoms with Crippen LogP contribution < -0.4 is 14.9 Å². The molecule has 0 aromatic heterocycles. The summed E-state index contributed by atoms with van der Waals surface area (Å²) in [5.74, 6) is 1.18. The Bertz CT molecular complexity index is 995. The Morgan fingerprint density at radius 1 is 0.967 bits per heavy atom. The van der Waals surface area contributed by atoms with Gasteiger partial charge in [-0.1, -0.05) is 46.3 Å². The second-order valence-electron chi connectivity index (χ2n) is 6.79. The van der Waals surface area contributed by atoms with Crippen LogP contribution in [-0.4, -0.2) is 18.7 Å². The van der Waals surface area contributed by atoms with E-state index in [1.54, 1.807) is 6.21 Å². The third-order valence-corrected chi connectivity index (χ3v) is 4.89. The molecule has 0 aliphatic carbocycles. The summed E-state index contributed by atoms with van der Waals surface area (Å²) in [5.41, 5.74) is 6.41. The van der Waals surface area contributed by atoms with Crippen LogP contribution in [0.25, 0.3) is 0 Å². The van der Waals surface area contributed by atoms with E-state index in [0.717, 1.165) is 38.2 Å². The van der Waals surface area contributed by atoms with Gasteiger partial charge in [0.25, 0.3) is 5.91 Å². The number of aryl methyl sites for hydroxylation is 2. The van der Waals surface area contributed by atoms with Crippen LogP contribution in [0.5, 0.6) is 11.5 Å². The number of hydrogen-bond donors (Lipinski definition) is 1. The fourth-order valence-electron chi connectivity index (χ4n) is 2.77. The molecule has 0 saturated carbocycles. The summed E-state index contributed by atoms with van der Waals surface area (Å²) < 4.78 is 12.4. The maximum atomic E-state index is 12.0. The zero-order chi connectivity index (χ0) is 21.3. The Morgan fingerprint density at radius 2 is 1.63 bits per heavy atom. The van der Waals surface area contributed by atoms with Gasteiger partial charge in [-0.3, -0.25) is 4.79 Å². The molecular formula is C24H23BrN2O3. The molecule has 0 radical (unpaired) electrons. The third-order valence-electron chi connectivity index (χ3n) is 4.36. The second-order valence-corrected chi connectivity index (χ2v) is 7.70. The monoisotopic (exact) mass is 466 g/mol. The van der Waals surface area contributed by atoms with E-state index in [-0.39, 0.29) is 12.5 Å². The largest absolute Gasteiger partial charge is 0.489 e. The van der Waals surface area contributed by atoms with Crippen molar-refractivity contribution in [3.63, 3.8) is 0 Å². The summed E-state index contributed by atoms with van der Waals surface area (Å²) in [6.07, 6.45) is 1.58. The number of amides is 1. The van der Waals surface area contributed by atoms with Gasteiger partial charge in [-0.2, -0.15) is 5.10 Å². The SMILES string of the molecule is Cc1cccc(C)c1OCC(=O)N/N=C\c1ccc(OCc2ccc(Br)cc2)cc1. The molecule has 3 aromatic carbocycles. The molecule has 0 spiro atoms. The van der Waals surface area contributed by atoms with Crippen molar-refractivity contribution < 1.29 is 14.3 Å². The quantitative estimate of drug-likeness (QED) is 0.367. The average Bonchev–Trinajstić information content (AvgIpc) is 2.74. The molecule has 0 atom stereocenters. The number of ether oxygens (including phenoxy) is 2. The molecule has 3 aromatic rings. The number of carbonyl (C=O) groups is 1. The molecule has 6 heteroatoms. The maximum absolute atomic E-state index is 12.0. The first-order valence-corrected chi connectivity index (χ1v) is 10.3. The summed E-state index contributed by atoms with van der Waals surface area (Å²) in [5, 5.41) is 3.98. The van der Waals surface area contributed by atoms with Crippen molar-refractivity contribution in [1.29, 1.82) is 0 Å². The van der Waals surface area contributed by atoms with Crippen LogP contribution in [0.2, 0.25) is 0 Å². The molecule has 0 heterocycles. The van der Waals surface area contributed by atoms with E-state index in [2.05, 4.69) is 26.5 Å². The number of nitrogens with one attached hydrogen (secondary N) is 1. The van der Waals surface area contributed by atoms with Crippen LogP contribution in [0.1, 0.15) is 22.3 Å². The van der Waals surface area contributed by atoms with Crippen LogP contribution in [0.3, 0.4) is 0 Å². The highest BCUT2D eigenvalue weighted by Crippen LogP contribution is 2.22. The van der Waals surface area contributed by atoms with Crippen LogP contribution in [0, 0.1) is 13.8 Å². The predicted octanol–water partition coefficient (Wildman–Crippen LogP) is 5.17. The van der Waals surface area contributed by atoms with Gasteiger partial charge in [-0.25, -0.2) is 5.43 Å². The Kier molecular flexibility index (Phi) is 7.63. The maximum Gasteiger partial charge on any atom is 0.277 e. The highest BCUT2D eigenvalue weighted by atomic mass is 79.9. The van der Waals surface area contributed by atoms with Gasteiger partial charge in [0.05, 0.1) is 6.21 Å². The van der Waals surface area contributed by atoms with Crippen molar-refractivity contribution >= 4 is 28.1 Å². The van der Waals surface area contributed by atoms with E-state index < -0.39 is 0 Å². The minimum atomic E-state index is -0.316. The smallest absolute Gasteiger partial charge is 0.277 e. The molecule has 0 unspecified atom stereocenters. The number of nitrogens with zero attached hydrogens (tertiary/aromatic N) is 1. The van der Waals surface area contributed by atoms with Gasteiger partial charge >= 0.3 is 0 Å². The van der Waals surface area contributed by atoms with Crippen LogP contribution in [0.4, 0.5) is 0 Å². The minimum absolute atomic E-state index is 0.0914. The van der Waals surface area contributed by atoms with E-state index in [0.29, 0.717) is 6.61 Å². The lowest BCUT2D eigenvalue weighted by molar-refractivity contribution is -0.123. The van der Waals surface area contributed by atoms with Gasteiger partial charge in [-0.05, 0) is 72.5 Å². The Labute approximate surface area is 184 Å². The van der Waals surface area contributed by atoms with Crippen molar-refractivity contribution in [1.82, 2.24) is 5.43 Å². The van der Waals surface area contributed by atoms with E-state index in [1.807, 2.05) is 80.6 Å². The Morgan fingerprint density at radius 3 is 2.30 bits per heavy atom. The van der Waals surface area contributed by atoms with Crippen molar-refractivity contribution in [2.45, 2.75) is 20.5 Å². The number of rotatable bonds is 8. The molecule has 0 saturated heterocycles. The number of carbonyl (C=O) groups excluding carboxylic acids is 1. The Hall–Kier alpha value is -3.12. The summed E-state index contributed by atoms with van der Waals surface area (Å²) in [6, 6.07) is 21.3. The lowest BCUT2D eigenvalue weighted by Crippen LogP contribution is -2.25. The molecule has 0 bridgehead atoms. The van der Waals surface area contributed by atoms with Crippen LogP contribution >= 0.6 is 15.9 Å². The summed E-state index contributed by atoms with van der Waals surface area (Å²) in [4.78, 5) is 12.0. The third kappa shape index (κ3) is 6.46. The lowest BCUT2D eigenvalue weighted by atomic mass is 10.1. The standard InChI is InChI=1S/C24H23BrN2O3/c1-17-4-3-5-18(2)24(17)30-16-23(28)27-26-14-19-8-12-22(13-9-19)29-15-20-6-10-21(25)11-7-20/h3-14H,15-16H2,1-2H3,(H,27,28)/b26-14-. The average molecular weight is 467 g/mol. The van der Waals surface area contributed by atoms with Gasteiger partial charge in [0.1, 0.15) is 18.1 Å². The van der Waals surface area contributed by atoms with E-state index in [4.69, 9.17) is 9.47 Å². The number of halogens is 1. The van der Waals surface area contributed by atoms with Crippen LogP contribution in [-0.2, 0) is 11.4 Å². The summed E-state index contributed by atoms with van der Waals surface area (Å²) in [6.45, 7) is 4.30. The van der Waals surface area contributed by atoms with Gasteiger partial charge in [0.15, 0.2) is 6.61 Å². The zero-order valence-electron chi connectivity index (χ0n) is 16.9.